The summed E-state index contributed by atoms with van der Waals surface area (Å²) in [6, 6.07) is 11.3. The number of nitrogens with zero attached hydrogens (tertiary/aromatic N) is 4. The summed E-state index contributed by atoms with van der Waals surface area (Å²) in [7, 11) is 0. The van der Waals surface area contributed by atoms with Gasteiger partial charge in [-0.25, -0.2) is 4.68 Å². The fourth-order valence-corrected chi connectivity index (χ4v) is 3.86. The number of rotatable bonds is 6. The van der Waals surface area contributed by atoms with Crippen LogP contribution < -0.4 is 0 Å². The smallest absolute Gasteiger partial charge is 0.105 e. The zero-order valence-electron chi connectivity index (χ0n) is 14.4. The molecule has 2 heterocycles. The fraction of sp³-hybridized carbons (Fsp3) is 0.579. The minimum Gasteiger partial charge on any atom is -0.375 e. The van der Waals surface area contributed by atoms with Crippen molar-refractivity contribution in [3.05, 3.63) is 47.3 Å². The lowest BCUT2D eigenvalue weighted by Crippen LogP contribution is -2.47. The minimum atomic E-state index is 0.253. The highest BCUT2D eigenvalue weighted by Gasteiger charge is 2.37. The number of aromatic nitrogens is 3. The average Bonchev–Trinajstić information content (AvgIpc) is 2.99. The molecule has 4 rings (SSSR count). The van der Waals surface area contributed by atoms with E-state index in [2.05, 4.69) is 51.1 Å². The molecule has 1 unspecified atom stereocenters. The molecule has 1 aromatic carbocycles. The van der Waals surface area contributed by atoms with Gasteiger partial charge in [0.05, 0.1) is 24.9 Å². The van der Waals surface area contributed by atoms with E-state index in [1.54, 1.807) is 0 Å². The van der Waals surface area contributed by atoms with Gasteiger partial charge >= 0.3 is 0 Å². The summed E-state index contributed by atoms with van der Waals surface area (Å²) < 4.78 is 8.14. The van der Waals surface area contributed by atoms with E-state index < -0.39 is 0 Å². The molecule has 1 aliphatic heterocycles. The van der Waals surface area contributed by atoms with Gasteiger partial charge in [0.1, 0.15) is 5.69 Å². The summed E-state index contributed by atoms with van der Waals surface area (Å²) in [6.07, 6.45) is 5.04. The third kappa shape index (κ3) is 2.98. The summed E-state index contributed by atoms with van der Waals surface area (Å²) >= 11 is 0. The largest absolute Gasteiger partial charge is 0.375 e. The molecule has 0 spiro atoms. The molecular formula is C19H26N4O. The minimum absolute atomic E-state index is 0.253. The molecule has 1 fully saturated rings. The summed E-state index contributed by atoms with van der Waals surface area (Å²) in [6.45, 7) is 5.48. The van der Waals surface area contributed by atoms with Crippen LogP contribution in [-0.2, 0) is 24.3 Å². The molecule has 5 nitrogen and oxygen atoms in total. The first-order valence-electron chi connectivity index (χ1n) is 9.16. The van der Waals surface area contributed by atoms with Crippen LogP contribution in [0.2, 0.25) is 0 Å². The second-order valence-electron chi connectivity index (χ2n) is 6.83. The van der Waals surface area contributed by atoms with Crippen LogP contribution in [0.25, 0.3) is 0 Å². The maximum Gasteiger partial charge on any atom is 0.105 e. The Hall–Kier alpha value is -1.72. The van der Waals surface area contributed by atoms with Gasteiger partial charge in [-0.05, 0) is 25.3 Å². The van der Waals surface area contributed by atoms with Gasteiger partial charge in [0, 0.05) is 25.6 Å². The van der Waals surface area contributed by atoms with Crippen molar-refractivity contribution in [1.82, 2.24) is 19.9 Å². The predicted molar refractivity (Wildman–Crippen MR) is 92.6 cm³/mol. The zero-order valence-corrected chi connectivity index (χ0v) is 14.4. The van der Waals surface area contributed by atoms with Crippen LogP contribution in [0.4, 0.5) is 0 Å². The van der Waals surface area contributed by atoms with Crippen molar-refractivity contribution >= 4 is 0 Å². The molecule has 1 aromatic heterocycles. The molecule has 2 aliphatic rings. The van der Waals surface area contributed by atoms with E-state index in [0.29, 0.717) is 19.3 Å². The second-order valence-corrected chi connectivity index (χ2v) is 6.83. The monoisotopic (exact) mass is 326 g/mol. The van der Waals surface area contributed by atoms with E-state index in [1.165, 1.54) is 30.5 Å². The van der Waals surface area contributed by atoms with Crippen LogP contribution in [0.3, 0.4) is 0 Å². The summed E-state index contributed by atoms with van der Waals surface area (Å²) in [5.74, 6) is 0. The Morgan fingerprint density at radius 3 is 2.75 bits per heavy atom. The molecule has 0 radical (unpaired) electrons. The van der Waals surface area contributed by atoms with Gasteiger partial charge < -0.3 is 4.74 Å². The Kier molecular flexibility index (Phi) is 4.63. The van der Waals surface area contributed by atoms with Crippen LogP contribution in [0.5, 0.6) is 0 Å². The molecule has 24 heavy (non-hydrogen) atoms. The third-order valence-corrected chi connectivity index (χ3v) is 5.42. The van der Waals surface area contributed by atoms with Crippen LogP contribution >= 0.6 is 0 Å². The Bertz CT molecular complexity index is 665. The van der Waals surface area contributed by atoms with Gasteiger partial charge in [0.15, 0.2) is 0 Å². The van der Waals surface area contributed by atoms with E-state index in [4.69, 9.17) is 4.74 Å². The van der Waals surface area contributed by atoms with Gasteiger partial charge in [-0.3, -0.25) is 4.90 Å². The molecule has 0 saturated heterocycles. The van der Waals surface area contributed by atoms with Crippen LogP contribution in [0, 0.1) is 0 Å². The lowest BCUT2D eigenvalue weighted by Gasteiger charge is -2.44. The molecule has 0 amide bonds. The van der Waals surface area contributed by atoms with Crippen molar-refractivity contribution in [3.8, 4) is 0 Å². The summed E-state index contributed by atoms with van der Waals surface area (Å²) in [5.41, 5.74) is 3.67. The zero-order chi connectivity index (χ0) is 16.4. The summed E-state index contributed by atoms with van der Waals surface area (Å²) in [4.78, 5) is 2.62. The van der Waals surface area contributed by atoms with E-state index in [1.807, 2.05) is 6.07 Å². The average molecular weight is 326 g/mol. The normalized spacial score (nSPS) is 21.5. The maximum absolute atomic E-state index is 6.09. The Labute approximate surface area is 143 Å². The molecule has 2 aromatic rings. The SMILES string of the molecule is CCn1nnc2c1CCN(C1CCC1)C2COCc1ccccc1. The maximum atomic E-state index is 6.09. The van der Waals surface area contributed by atoms with Crippen molar-refractivity contribution in [3.63, 3.8) is 0 Å². The van der Waals surface area contributed by atoms with Crippen molar-refractivity contribution in [2.45, 2.75) is 57.8 Å². The first-order chi connectivity index (χ1) is 11.9. The van der Waals surface area contributed by atoms with Crippen LogP contribution in [0.15, 0.2) is 30.3 Å². The van der Waals surface area contributed by atoms with Gasteiger partial charge in [-0.2, -0.15) is 0 Å². The lowest BCUT2D eigenvalue weighted by molar-refractivity contribution is 0.00201. The second kappa shape index (κ2) is 7.03. The lowest BCUT2D eigenvalue weighted by atomic mass is 9.88. The molecule has 1 saturated carbocycles. The molecule has 1 aliphatic carbocycles. The van der Waals surface area contributed by atoms with Crippen LogP contribution in [0.1, 0.15) is 49.2 Å². The topological polar surface area (TPSA) is 43.2 Å². The van der Waals surface area contributed by atoms with E-state index in [0.717, 1.165) is 25.2 Å². The fourth-order valence-electron chi connectivity index (χ4n) is 3.86. The standard InChI is InChI=1S/C19H26N4O/c1-2-23-17-11-12-22(16-9-6-10-16)18(19(17)20-21-23)14-24-13-15-7-4-3-5-8-15/h3-5,7-8,16,18H,2,6,9-14H2,1H3. The molecule has 5 heteroatoms. The summed E-state index contributed by atoms with van der Waals surface area (Å²) in [5, 5.41) is 8.87. The Morgan fingerprint density at radius 2 is 2.04 bits per heavy atom. The van der Waals surface area contributed by atoms with Crippen molar-refractivity contribution in [2.24, 2.45) is 0 Å². The van der Waals surface area contributed by atoms with Gasteiger partial charge in [0.2, 0.25) is 0 Å². The van der Waals surface area contributed by atoms with E-state index in [-0.39, 0.29) is 6.04 Å². The highest BCUT2D eigenvalue weighted by molar-refractivity contribution is 5.20. The van der Waals surface area contributed by atoms with Gasteiger partial charge in [-0.15, -0.1) is 5.10 Å². The van der Waals surface area contributed by atoms with E-state index in [9.17, 15) is 0 Å². The van der Waals surface area contributed by atoms with Crippen molar-refractivity contribution in [1.29, 1.82) is 0 Å². The quantitative estimate of drug-likeness (QED) is 0.818. The highest BCUT2D eigenvalue weighted by Crippen LogP contribution is 2.36. The van der Waals surface area contributed by atoms with E-state index >= 15 is 0 Å². The molecular weight excluding hydrogens is 300 g/mol. The molecule has 0 N–H and O–H groups in total. The third-order valence-electron chi connectivity index (χ3n) is 5.42. The molecule has 0 bridgehead atoms. The first-order valence-corrected chi connectivity index (χ1v) is 9.16. The number of hydrogen-bond donors (Lipinski definition) is 0. The number of hydrogen-bond acceptors (Lipinski definition) is 4. The number of benzene rings is 1. The predicted octanol–water partition coefficient (Wildman–Crippen LogP) is 2.97. The van der Waals surface area contributed by atoms with Crippen LogP contribution in [-0.4, -0.2) is 39.1 Å². The number of aryl methyl sites for hydroxylation is 1. The number of fused-ring (bicyclic) bond motifs is 1. The van der Waals surface area contributed by atoms with Crippen molar-refractivity contribution in [2.75, 3.05) is 13.2 Å². The van der Waals surface area contributed by atoms with Gasteiger partial charge in [0.25, 0.3) is 0 Å². The molecule has 128 valence electrons. The Morgan fingerprint density at radius 1 is 1.21 bits per heavy atom. The van der Waals surface area contributed by atoms with Crippen molar-refractivity contribution < 1.29 is 4.74 Å². The molecule has 1 atom stereocenters. The van der Waals surface area contributed by atoms with Gasteiger partial charge in [-0.1, -0.05) is 42.0 Å². The Balaban J connectivity index is 1.49. The highest BCUT2D eigenvalue weighted by atomic mass is 16.5. The number of ether oxygens (including phenoxy) is 1. The first kappa shape index (κ1) is 15.8.